The Bertz CT molecular complexity index is 218. The number of hydrogen-bond acceptors (Lipinski definition) is 9. The molecule has 0 fully saturated rings. The molecule has 3 unspecified atom stereocenters. The molecule has 118 valence electrons. The van der Waals surface area contributed by atoms with Gasteiger partial charge in [-0.25, -0.2) is 0 Å². The van der Waals surface area contributed by atoms with Gasteiger partial charge in [-0.3, -0.25) is 4.79 Å². The van der Waals surface area contributed by atoms with Gasteiger partial charge in [0.05, 0.1) is 19.8 Å². The Morgan fingerprint density at radius 3 is 1.45 bits per heavy atom. The summed E-state index contributed by atoms with van der Waals surface area (Å²) in [7, 11) is 0. The van der Waals surface area contributed by atoms with Gasteiger partial charge in [-0.2, -0.15) is 0 Å². The van der Waals surface area contributed by atoms with Gasteiger partial charge in [0.1, 0.15) is 31.0 Å². The molecular weight excluding hydrogens is 311 g/mol. The molecule has 0 aliphatic heterocycles. The van der Waals surface area contributed by atoms with E-state index < -0.39 is 43.4 Å². The molecule has 0 aliphatic rings. The average molecular weight is 331 g/mol. The van der Waals surface area contributed by atoms with Crippen LogP contribution in [0, 0.1) is 0 Å². The molecule has 0 bridgehead atoms. The number of hydrogen-bond donors (Lipinski definition) is 8. The molecule has 8 N–H and O–H groups in total. The van der Waals surface area contributed by atoms with Crippen LogP contribution in [-0.2, 0) is 4.79 Å². The zero-order chi connectivity index (χ0) is 14.7. The Morgan fingerprint density at radius 2 is 1.25 bits per heavy atom. The van der Waals surface area contributed by atoms with Crippen molar-refractivity contribution in [2.24, 2.45) is 0 Å². The number of aliphatic hydroxyl groups excluding tert-OH is 8. The third-order valence-electron chi connectivity index (χ3n) is 1.81. The molecule has 3 atom stereocenters. The molecule has 0 saturated carbocycles. The third-order valence-corrected chi connectivity index (χ3v) is 1.81. The summed E-state index contributed by atoms with van der Waals surface area (Å²) in [6, 6.07) is 0. The van der Waals surface area contributed by atoms with Crippen LogP contribution in [-0.4, -0.2) is 97.5 Å². The van der Waals surface area contributed by atoms with E-state index in [1.165, 1.54) is 0 Å². The van der Waals surface area contributed by atoms with Crippen molar-refractivity contribution in [3.05, 3.63) is 0 Å². The zero-order valence-corrected chi connectivity index (χ0v) is 13.8. The molecule has 20 heavy (non-hydrogen) atoms. The third kappa shape index (κ3) is 13.6. The summed E-state index contributed by atoms with van der Waals surface area (Å²) in [5.41, 5.74) is 0. The fourth-order valence-corrected chi connectivity index (χ4v) is 0.660. The first-order valence-electron chi connectivity index (χ1n) is 5.04. The largest absolute Gasteiger partial charge is 1.00 e. The summed E-state index contributed by atoms with van der Waals surface area (Å²) in [6.45, 7) is -2.42. The van der Waals surface area contributed by atoms with Crippen molar-refractivity contribution >= 4 is 5.78 Å². The van der Waals surface area contributed by atoms with E-state index in [0.29, 0.717) is 0 Å². The summed E-state index contributed by atoms with van der Waals surface area (Å²) in [4.78, 5) is 10.5. The monoisotopic (exact) mass is 330 g/mol. The van der Waals surface area contributed by atoms with Crippen molar-refractivity contribution in [1.82, 2.24) is 0 Å². The molecule has 0 aromatic heterocycles. The Balaban J connectivity index is -0.000000139. The maximum Gasteiger partial charge on any atom is 1.00 e. The first-order valence-corrected chi connectivity index (χ1v) is 5.04. The number of carbonyl (C=O) groups excluding carboxylic acids is 1. The van der Waals surface area contributed by atoms with Crippen molar-refractivity contribution in [2.45, 2.75) is 24.4 Å². The number of Topliss-reactive ketones (excluding diaryl/α,β-unsaturated/α-hetero) is 1. The van der Waals surface area contributed by atoms with Crippen molar-refractivity contribution < 1.29 is 87.6 Å². The van der Waals surface area contributed by atoms with Gasteiger partial charge in [0, 0.05) is 0 Å². The van der Waals surface area contributed by atoms with Gasteiger partial charge >= 0.3 is 29.6 Å². The summed E-state index contributed by atoms with van der Waals surface area (Å²) in [6.07, 6.45) is -6.17. The van der Waals surface area contributed by atoms with E-state index in [9.17, 15) is 4.79 Å². The zero-order valence-electron chi connectivity index (χ0n) is 11.0. The predicted octanol–water partition coefficient (Wildman–Crippen LogP) is -11.0. The first kappa shape index (κ1) is 28.8. The molecule has 0 rings (SSSR count). The minimum atomic E-state index is -1.86. The Kier molecular flexibility index (Phi) is 25.4. The van der Waals surface area contributed by atoms with E-state index in [4.69, 9.17) is 40.9 Å². The van der Waals surface area contributed by atoms with Crippen LogP contribution in [0.2, 0.25) is 0 Å². The predicted molar refractivity (Wildman–Crippen MR) is 57.4 cm³/mol. The first-order chi connectivity index (χ1) is 8.35. The van der Waals surface area contributed by atoms with Crippen molar-refractivity contribution in [3.8, 4) is 0 Å². The fraction of sp³-hybridized carbons (Fsp3) is 0.889. The molecule has 9 nitrogen and oxygen atoms in total. The fourth-order valence-electron chi connectivity index (χ4n) is 0.660. The van der Waals surface area contributed by atoms with E-state index in [-0.39, 0.29) is 55.2 Å². The maximum absolute atomic E-state index is 10.5. The van der Waals surface area contributed by atoms with Crippen LogP contribution in [0.25, 0.3) is 0 Å². The van der Waals surface area contributed by atoms with Crippen molar-refractivity contribution in [2.75, 3.05) is 26.4 Å². The van der Waals surface area contributed by atoms with Gasteiger partial charge in [-0.15, -0.1) is 0 Å². The Hall–Kier alpha value is 0.640. The second-order valence-electron chi connectivity index (χ2n) is 3.33. The molecule has 0 aromatic rings. The van der Waals surface area contributed by atoms with Crippen LogP contribution in [0.1, 0.15) is 0 Å². The van der Waals surface area contributed by atoms with Gasteiger partial charge in [0.15, 0.2) is 5.78 Å². The summed E-state index contributed by atoms with van der Waals surface area (Å²) in [5.74, 6) is -1.00. The van der Waals surface area contributed by atoms with E-state index in [2.05, 4.69) is 0 Å². The topological polar surface area (TPSA) is 179 Å². The van der Waals surface area contributed by atoms with Gasteiger partial charge in [0.2, 0.25) is 0 Å². The number of carbonyl (C=O) groups is 1. The number of ketones is 1. The van der Waals surface area contributed by atoms with Gasteiger partial charge in [-0.1, -0.05) is 0 Å². The van der Waals surface area contributed by atoms with Crippen LogP contribution in [0.3, 0.4) is 0 Å². The molecule has 0 saturated heterocycles. The van der Waals surface area contributed by atoms with Gasteiger partial charge in [0.25, 0.3) is 0 Å². The van der Waals surface area contributed by atoms with E-state index in [0.717, 1.165) is 0 Å². The summed E-state index contributed by atoms with van der Waals surface area (Å²) < 4.78 is 0. The number of halogens is 1. The molecule has 11 heteroatoms. The van der Waals surface area contributed by atoms with Crippen LogP contribution in [0.5, 0.6) is 0 Å². The van der Waals surface area contributed by atoms with Crippen LogP contribution >= 0.6 is 0 Å². The van der Waals surface area contributed by atoms with Gasteiger partial charge in [-0.05, 0) is 0 Å². The summed E-state index contributed by atoms with van der Waals surface area (Å²) >= 11 is 0. The van der Waals surface area contributed by atoms with E-state index >= 15 is 0 Å². The van der Waals surface area contributed by atoms with Crippen LogP contribution in [0.4, 0.5) is 0 Å². The molecule has 0 aromatic carbocycles. The molecule has 0 radical (unpaired) electrons. The second kappa shape index (κ2) is 17.7. The smallest absolute Gasteiger partial charge is 1.00 e. The Labute approximate surface area is 144 Å². The van der Waals surface area contributed by atoms with Crippen molar-refractivity contribution in [1.29, 1.82) is 0 Å². The van der Waals surface area contributed by atoms with E-state index in [1.807, 2.05) is 0 Å². The average Bonchev–Trinajstić information content (AvgIpc) is 2.43. The molecule has 0 aliphatic carbocycles. The number of aliphatic hydroxyl groups is 8. The minimum absolute atomic E-state index is 0. The maximum atomic E-state index is 10.5. The normalized spacial score (nSPS) is 14.1. The van der Waals surface area contributed by atoms with E-state index in [1.54, 1.807) is 0 Å². The Morgan fingerprint density at radius 1 is 0.850 bits per heavy atom. The van der Waals surface area contributed by atoms with Crippen molar-refractivity contribution in [3.63, 3.8) is 0 Å². The standard InChI is InChI=1S/C6H12O6.C3H8O3.ClH.Na/c7-1-3(9)5(11)6(12)4(10)2-8;4-1-3(6)2-5;;/h3,5-9,11-12H,1-2H2;3-6H,1-2H2;1H;/q;;;+1/p-1. The molecule has 0 heterocycles. The number of rotatable bonds is 7. The SMILES string of the molecule is O=C(CO)C(O)C(O)C(O)CO.OCC(O)CO.[Cl-].[Na+]. The van der Waals surface area contributed by atoms with Crippen LogP contribution in [0.15, 0.2) is 0 Å². The minimum Gasteiger partial charge on any atom is -1.00 e. The quantitative estimate of drug-likeness (QED) is 0.210. The summed E-state index contributed by atoms with van der Waals surface area (Å²) in [5, 5.41) is 67.1. The second-order valence-corrected chi connectivity index (χ2v) is 3.33. The van der Waals surface area contributed by atoms with Gasteiger partial charge < -0.3 is 53.3 Å². The molecular formula is C9H20ClNaO9. The molecule has 0 amide bonds. The molecule has 0 spiro atoms. The van der Waals surface area contributed by atoms with Crippen LogP contribution < -0.4 is 42.0 Å².